The second kappa shape index (κ2) is 15.1. The highest BCUT2D eigenvalue weighted by Crippen LogP contribution is 2.27. The number of aliphatic hydroxyl groups is 1. The van der Waals surface area contributed by atoms with Crippen LogP contribution < -0.4 is 5.32 Å². The van der Waals surface area contributed by atoms with Crippen molar-refractivity contribution in [2.75, 3.05) is 6.54 Å². The molecule has 0 aliphatic heterocycles. The molecule has 1 aliphatic carbocycles. The highest BCUT2D eigenvalue weighted by molar-refractivity contribution is 4.78. The van der Waals surface area contributed by atoms with Crippen LogP contribution in [0.1, 0.15) is 73.6 Å². The van der Waals surface area contributed by atoms with Crippen LogP contribution in [0.2, 0.25) is 0 Å². The molecule has 0 saturated heterocycles. The van der Waals surface area contributed by atoms with Gasteiger partial charge in [-0.25, -0.2) is 0 Å². The highest BCUT2D eigenvalue weighted by atomic mass is 16.3. The molecule has 0 radical (unpaired) electrons. The summed E-state index contributed by atoms with van der Waals surface area (Å²) in [5.41, 5.74) is 0. The van der Waals surface area contributed by atoms with Crippen molar-refractivity contribution in [2.45, 2.75) is 85.8 Å². The van der Waals surface area contributed by atoms with Gasteiger partial charge in [-0.1, -0.05) is 40.7 Å². The molecule has 20 heavy (non-hydrogen) atoms. The van der Waals surface area contributed by atoms with Crippen molar-refractivity contribution in [1.29, 1.82) is 0 Å². The molecule has 1 saturated carbocycles. The Morgan fingerprint density at radius 3 is 1.95 bits per heavy atom. The van der Waals surface area contributed by atoms with Gasteiger partial charge in [0.1, 0.15) is 0 Å². The molecule has 0 aromatic rings. The van der Waals surface area contributed by atoms with Crippen LogP contribution in [0.4, 0.5) is 0 Å². The Hall–Kier alpha value is -0.340. The molecule has 0 bridgehead atoms. The Morgan fingerprint density at radius 1 is 1.10 bits per heavy atom. The van der Waals surface area contributed by atoms with Crippen LogP contribution in [0, 0.1) is 11.8 Å². The lowest BCUT2D eigenvalue weighted by molar-refractivity contribution is 0.104. The van der Waals surface area contributed by atoms with Crippen LogP contribution >= 0.6 is 0 Å². The zero-order valence-electron chi connectivity index (χ0n) is 14.8. The fourth-order valence-electron chi connectivity index (χ4n) is 2.25. The van der Waals surface area contributed by atoms with Crippen molar-refractivity contribution in [3.8, 4) is 0 Å². The Labute approximate surface area is 128 Å². The molecule has 122 valence electrons. The van der Waals surface area contributed by atoms with E-state index in [1.807, 2.05) is 19.9 Å². The van der Waals surface area contributed by atoms with Crippen molar-refractivity contribution in [3.63, 3.8) is 0 Å². The van der Waals surface area contributed by atoms with E-state index >= 15 is 0 Å². The molecule has 1 atom stereocenters. The van der Waals surface area contributed by atoms with Gasteiger partial charge in [-0.2, -0.15) is 0 Å². The first kappa shape index (κ1) is 21.9. The Morgan fingerprint density at radius 2 is 1.55 bits per heavy atom. The van der Waals surface area contributed by atoms with Gasteiger partial charge in [-0.3, -0.25) is 0 Å². The Balaban J connectivity index is 0. The number of hydrogen-bond acceptors (Lipinski definition) is 2. The topological polar surface area (TPSA) is 32.3 Å². The van der Waals surface area contributed by atoms with Gasteiger partial charge in [0.25, 0.3) is 0 Å². The fraction of sp³-hybridized carbons (Fsp3) is 0.889. The summed E-state index contributed by atoms with van der Waals surface area (Å²) in [6.45, 7) is 17.3. The molecule has 0 aromatic carbocycles. The van der Waals surface area contributed by atoms with E-state index < -0.39 is 0 Å². The van der Waals surface area contributed by atoms with Crippen molar-refractivity contribution in [1.82, 2.24) is 5.32 Å². The lowest BCUT2D eigenvalue weighted by Crippen LogP contribution is -2.30. The zero-order valence-corrected chi connectivity index (χ0v) is 14.8. The van der Waals surface area contributed by atoms with Crippen molar-refractivity contribution in [3.05, 3.63) is 12.7 Å². The van der Waals surface area contributed by atoms with E-state index in [9.17, 15) is 5.11 Å². The van der Waals surface area contributed by atoms with Gasteiger partial charge in [0.05, 0.1) is 6.10 Å². The minimum atomic E-state index is -0.0253. The van der Waals surface area contributed by atoms with E-state index in [4.69, 9.17) is 0 Å². The predicted molar refractivity (Wildman–Crippen MR) is 92.1 cm³/mol. The van der Waals surface area contributed by atoms with Gasteiger partial charge < -0.3 is 10.4 Å². The van der Waals surface area contributed by atoms with Crippen molar-refractivity contribution in [2.24, 2.45) is 11.8 Å². The lowest BCUT2D eigenvalue weighted by Gasteiger charge is -2.27. The van der Waals surface area contributed by atoms with Gasteiger partial charge in [0.2, 0.25) is 0 Å². The summed E-state index contributed by atoms with van der Waals surface area (Å²) in [5.74, 6) is 1.64. The average Bonchev–Trinajstić information content (AvgIpc) is 2.41. The number of aliphatic hydroxyl groups excluding tert-OH is 1. The minimum absolute atomic E-state index is 0.0253. The summed E-state index contributed by atoms with van der Waals surface area (Å²) in [6, 6.07) is 0.577. The molecular formula is C18H39NO. The van der Waals surface area contributed by atoms with Gasteiger partial charge in [0.15, 0.2) is 0 Å². The quantitative estimate of drug-likeness (QED) is 0.712. The smallest absolute Gasteiger partial charge is 0.0540 e. The van der Waals surface area contributed by atoms with E-state index in [2.05, 4.69) is 39.6 Å². The lowest BCUT2D eigenvalue weighted by atomic mass is 9.84. The number of nitrogens with one attached hydrogen (secondary N) is 1. The summed E-state index contributed by atoms with van der Waals surface area (Å²) >= 11 is 0. The second-order valence-electron chi connectivity index (χ2n) is 6.24. The summed E-state index contributed by atoms with van der Waals surface area (Å²) in [5, 5.41) is 12.8. The number of rotatable bonds is 5. The molecule has 0 heterocycles. The molecule has 1 aliphatic rings. The Kier molecular flexibility index (Phi) is 16.5. The first-order valence-corrected chi connectivity index (χ1v) is 8.48. The van der Waals surface area contributed by atoms with Crippen LogP contribution in [0.3, 0.4) is 0 Å². The third kappa shape index (κ3) is 15.7. The van der Waals surface area contributed by atoms with E-state index in [0.29, 0.717) is 6.04 Å². The average molecular weight is 286 g/mol. The molecule has 2 N–H and O–H groups in total. The second-order valence-corrected chi connectivity index (χ2v) is 6.24. The van der Waals surface area contributed by atoms with Gasteiger partial charge in [-0.05, 0) is 50.9 Å². The van der Waals surface area contributed by atoms with E-state index in [1.165, 1.54) is 19.3 Å². The molecule has 1 rings (SSSR count). The monoisotopic (exact) mass is 285 g/mol. The van der Waals surface area contributed by atoms with Crippen LogP contribution in [0.15, 0.2) is 12.7 Å². The minimum Gasteiger partial charge on any atom is -0.393 e. The van der Waals surface area contributed by atoms with Crippen LogP contribution in [0.25, 0.3) is 0 Å². The summed E-state index contributed by atoms with van der Waals surface area (Å²) < 4.78 is 0. The maximum atomic E-state index is 9.37. The third-order valence-electron chi connectivity index (χ3n) is 3.11. The SMILES string of the molecule is C=CCN[C@H](C)CC1CCC(O)CC1.CC.CC(C)C. The van der Waals surface area contributed by atoms with E-state index in [1.54, 1.807) is 0 Å². The Bertz CT molecular complexity index is 193. The largest absolute Gasteiger partial charge is 0.393 e. The van der Waals surface area contributed by atoms with E-state index in [0.717, 1.165) is 31.2 Å². The van der Waals surface area contributed by atoms with E-state index in [-0.39, 0.29) is 6.10 Å². The molecule has 1 fully saturated rings. The normalized spacial score (nSPS) is 23.0. The predicted octanol–water partition coefficient (Wildman–Crippen LogP) is 4.78. The van der Waals surface area contributed by atoms with Crippen LogP contribution in [0.5, 0.6) is 0 Å². The van der Waals surface area contributed by atoms with Crippen LogP contribution in [-0.4, -0.2) is 23.8 Å². The molecule has 0 unspecified atom stereocenters. The maximum Gasteiger partial charge on any atom is 0.0540 e. The zero-order chi connectivity index (χ0) is 16.0. The standard InChI is InChI=1S/C12H23NO.C4H10.C2H6/c1-3-8-13-10(2)9-11-4-6-12(14)7-5-11;1-4(2)3;1-2/h3,10-14H,1,4-9H2,2H3;4H,1-3H3;1-2H3/t10-,11?,12?;;/m1../s1. The summed E-state index contributed by atoms with van der Waals surface area (Å²) in [4.78, 5) is 0. The third-order valence-corrected chi connectivity index (χ3v) is 3.11. The summed E-state index contributed by atoms with van der Waals surface area (Å²) in [7, 11) is 0. The van der Waals surface area contributed by atoms with Crippen molar-refractivity contribution < 1.29 is 5.11 Å². The highest BCUT2D eigenvalue weighted by Gasteiger charge is 2.20. The molecular weight excluding hydrogens is 246 g/mol. The molecule has 2 nitrogen and oxygen atoms in total. The molecule has 0 amide bonds. The van der Waals surface area contributed by atoms with Crippen molar-refractivity contribution >= 4 is 0 Å². The summed E-state index contributed by atoms with van der Waals surface area (Å²) in [6.07, 6.45) is 7.50. The van der Waals surface area contributed by atoms with Gasteiger partial charge >= 0.3 is 0 Å². The van der Waals surface area contributed by atoms with Crippen LogP contribution in [-0.2, 0) is 0 Å². The maximum absolute atomic E-state index is 9.37. The fourth-order valence-corrected chi connectivity index (χ4v) is 2.25. The van der Waals surface area contributed by atoms with Gasteiger partial charge in [-0.15, -0.1) is 6.58 Å². The first-order chi connectivity index (χ1) is 9.45. The molecule has 0 aromatic heterocycles. The van der Waals surface area contributed by atoms with Gasteiger partial charge in [0, 0.05) is 12.6 Å². The number of hydrogen-bond donors (Lipinski definition) is 2. The molecule has 0 spiro atoms. The first-order valence-electron chi connectivity index (χ1n) is 8.48. The molecule has 2 heteroatoms.